The van der Waals surface area contributed by atoms with Crippen LogP contribution in [0.25, 0.3) is 0 Å². The van der Waals surface area contributed by atoms with Gasteiger partial charge in [-0.25, -0.2) is 8.42 Å². The fourth-order valence-electron chi connectivity index (χ4n) is 2.94. The van der Waals surface area contributed by atoms with E-state index in [2.05, 4.69) is 9.88 Å². The van der Waals surface area contributed by atoms with Crippen LogP contribution in [0.3, 0.4) is 0 Å². The van der Waals surface area contributed by atoms with Gasteiger partial charge in [0.05, 0.1) is 17.4 Å². The number of para-hydroxylation sites is 1. The summed E-state index contributed by atoms with van der Waals surface area (Å²) >= 11 is 0. The number of benzene rings is 1. The third-order valence-electron chi connectivity index (χ3n) is 4.21. The summed E-state index contributed by atoms with van der Waals surface area (Å²) in [5, 5.41) is 3.20. The molecule has 3 rings (SSSR count). The standard InChI is InChI=1S/C17H21N3O4S/c1-13-10-15(18-24-13)11-17(21)20-9-5-8-16(12-20)25(22,23)19-14-6-3-2-4-7-14/h2-4,6-7,10,16,19H,5,8-9,11-12H2,1H3. The van der Waals surface area contributed by atoms with Gasteiger partial charge in [0.1, 0.15) is 5.76 Å². The van der Waals surface area contributed by atoms with Gasteiger partial charge in [-0.3, -0.25) is 9.52 Å². The second kappa shape index (κ2) is 7.26. The number of likely N-dealkylation sites (tertiary alicyclic amines) is 1. The van der Waals surface area contributed by atoms with Crippen LogP contribution in [0, 0.1) is 6.92 Å². The summed E-state index contributed by atoms with van der Waals surface area (Å²) < 4.78 is 32.8. The number of amides is 1. The number of rotatable bonds is 5. The Labute approximate surface area is 147 Å². The van der Waals surface area contributed by atoms with E-state index in [-0.39, 0.29) is 18.9 Å². The molecule has 1 N–H and O–H groups in total. The van der Waals surface area contributed by atoms with Crippen LogP contribution in [0.2, 0.25) is 0 Å². The van der Waals surface area contributed by atoms with E-state index < -0.39 is 15.3 Å². The Morgan fingerprint density at radius 1 is 1.36 bits per heavy atom. The topological polar surface area (TPSA) is 92.5 Å². The van der Waals surface area contributed by atoms with Crippen LogP contribution in [-0.4, -0.2) is 42.7 Å². The summed E-state index contributed by atoms with van der Waals surface area (Å²) in [5.41, 5.74) is 1.10. The zero-order valence-electron chi connectivity index (χ0n) is 14.0. The maximum Gasteiger partial charge on any atom is 0.237 e. The first-order valence-corrected chi connectivity index (χ1v) is 9.75. The van der Waals surface area contributed by atoms with Crippen LogP contribution in [0.1, 0.15) is 24.3 Å². The Morgan fingerprint density at radius 2 is 2.12 bits per heavy atom. The first kappa shape index (κ1) is 17.5. The smallest absolute Gasteiger partial charge is 0.237 e. The Hall–Kier alpha value is -2.35. The summed E-state index contributed by atoms with van der Waals surface area (Å²) in [7, 11) is -3.55. The van der Waals surface area contributed by atoms with Crippen LogP contribution in [0.15, 0.2) is 40.9 Å². The monoisotopic (exact) mass is 363 g/mol. The second-order valence-corrected chi connectivity index (χ2v) is 8.18. The fourth-order valence-corrected chi connectivity index (χ4v) is 4.42. The van der Waals surface area contributed by atoms with Gasteiger partial charge in [0.25, 0.3) is 0 Å². The van der Waals surface area contributed by atoms with Gasteiger partial charge in [-0.1, -0.05) is 23.4 Å². The van der Waals surface area contributed by atoms with Crippen LogP contribution >= 0.6 is 0 Å². The Balaban J connectivity index is 1.64. The molecule has 0 aliphatic carbocycles. The van der Waals surface area contributed by atoms with Gasteiger partial charge in [-0.05, 0) is 31.9 Å². The number of carbonyl (C=O) groups is 1. The molecule has 1 aromatic carbocycles. The molecule has 1 unspecified atom stereocenters. The molecule has 0 saturated carbocycles. The van der Waals surface area contributed by atoms with E-state index >= 15 is 0 Å². The van der Waals surface area contributed by atoms with Gasteiger partial charge >= 0.3 is 0 Å². The highest BCUT2D eigenvalue weighted by Gasteiger charge is 2.32. The van der Waals surface area contributed by atoms with E-state index in [1.54, 1.807) is 42.2 Å². The van der Waals surface area contributed by atoms with Crippen LogP contribution < -0.4 is 4.72 Å². The molecule has 134 valence electrons. The van der Waals surface area contributed by atoms with Gasteiger partial charge < -0.3 is 9.42 Å². The van der Waals surface area contributed by atoms with Crippen molar-refractivity contribution in [2.24, 2.45) is 0 Å². The molecule has 1 amide bonds. The van der Waals surface area contributed by atoms with Crippen molar-refractivity contribution in [1.82, 2.24) is 10.1 Å². The van der Waals surface area contributed by atoms with E-state index in [1.807, 2.05) is 6.07 Å². The minimum atomic E-state index is -3.55. The Morgan fingerprint density at radius 3 is 2.80 bits per heavy atom. The van der Waals surface area contributed by atoms with Crippen molar-refractivity contribution in [1.29, 1.82) is 0 Å². The zero-order chi connectivity index (χ0) is 17.9. The molecule has 25 heavy (non-hydrogen) atoms. The van der Waals surface area contributed by atoms with Crippen LogP contribution in [0.4, 0.5) is 5.69 Å². The number of sulfonamides is 1. The number of carbonyl (C=O) groups excluding carboxylic acids is 1. The van der Waals surface area contributed by atoms with Crippen molar-refractivity contribution >= 4 is 21.6 Å². The average molecular weight is 363 g/mol. The molecule has 1 atom stereocenters. The van der Waals surface area contributed by atoms with Gasteiger partial charge in [0.2, 0.25) is 15.9 Å². The molecule has 7 nitrogen and oxygen atoms in total. The lowest BCUT2D eigenvalue weighted by molar-refractivity contribution is -0.131. The predicted molar refractivity (Wildman–Crippen MR) is 93.5 cm³/mol. The van der Waals surface area contributed by atoms with Crippen molar-refractivity contribution in [2.75, 3.05) is 17.8 Å². The maximum absolute atomic E-state index is 12.6. The quantitative estimate of drug-likeness (QED) is 0.877. The molecule has 2 aromatic rings. The summed E-state index contributed by atoms with van der Waals surface area (Å²) in [5.74, 6) is 0.516. The van der Waals surface area contributed by atoms with Gasteiger partial charge in [-0.2, -0.15) is 0 Å². The number of nitrogens with one attached hydrogen (secondary N) is 1. The lowest BCUT2D eigenvalue weighted by Gasteiger charge is -2.32. The van der Waals surface area contributed by atoms with Crippen molar-refractivity contribution < 1.29 is 17.7 Å². The summed E-state index contributed by atoms with van der Waals surface area (Å²) in [6.07, 6.45) is 1.31. The number of piperidine rings is 1. The number of anilines is 1. The highest BCUT2D eigenvalue weighted by molar-refractivity contribution is 7.93. The summed E-state index contributed by atoms with van der Waals surface area (Å²) in [4.78, 5) is 14.0. The molecular weight excluding hydrogens is 342 g/mol. The van der Waals surface area contributed by atoms with Crippen molar-refractivity contribution in [2.45, 2.75) is 31.4 Å². The van der Waals surface area contributed by atoms with Crippen molar-refractivity contribution in [3.8, 4) is 0 Å². The second-order valence-electron chi connectivity index (χ2n) is 6.22. The van der Waals surface area contributed by atoms with Gasteiger partial charge in [-0.15, -0.1) is 0 Å². The van der Waals surface area contributed by atoms with E-state index in [0.29, 0.717) is 36.5 Å². The SMILES string of the molecule is Cc1cc(CC(=O)N2CCCC(S(=O)(=O)Nc3ccccc3)C2)no1. The molecule has 1 fully saturated rings. The number of aryl methyl sites for hydroxylation is 1. The first-order valence-electron chi connectivity index (χ1n) is 8.21. The molecule has 0 spiro atoms. The largest absolute Gasteiger partial charge is 0.361 e. The van der Waals surface area contributed by atoms with E-state index in [0.717, 1.165) is 0 Å². The van der Waals surface area contributed by atoms with Gasteiger partial charge in [0, 0.05) is 24.8 Å². The maximum atomic E-state index is 12.6. The highest BCUT2D eigenvalue weighted by Crippen LogP contribution is 2.20. The summed E-state index contributed by atoms with van der Waals surface area (Å²) in [6, 6.07) is 10.5. The molecule has 2 heterocycles. The average Bonchev–Trinajstić information content (AvgIpc) is 3.00. The molecule has 0 radical (unpaired) electrons. The lowest BCUT2D eigenvalue weighted by atomic mass is 10.1. The normalized spacial score (nSPS) is 18.1. The predicted octanol–water partition coefficient (Wildman–Crippen LogP) is 1.96. The molecule has 1 aliphatic heterocycles. The molecular formula is C17H21N3O4S. The van der Waals surface area contributed by atoms with Crippen molar-refractivity contribution in [3.05, 3.63) is 47.9 Å². The minimum absolute atomic E-state index is 0.121. The first-order chi connectivity index (χ1) is 11.9. The third kappa shape index (κ3) is 4.39. The zero-order valence-corrected chi connectivity index (χ0v) is 14.8. The number of nitrogens with zero attached hydrogens (tertiary/aromatic N) is 2. The molecule has 8 heteroatoms. The highest BCUT2D eigenvalue weighted by atomic mass is 32.2. The molecule has 1 aliphatic rings. The van der Waals surface area contributed by atoms with Crippen LogP contribution in [0.5, 0.6) is 0 Å². The lowest BCUT2D eigenvalue weighted by Crippen LogP contribution is -2.47. The van der Waals surface area contributed by atoms with E-state index in [4.69, 9.17) is 4.52 Å². The van der Waals surface area contributed by atoms with Gasteiger partial charge in [0.15, 0.2) is 0 Å². The van der Waals surface area contributed by atoms with E-state index in [1.165, 1.54) is 0 Å². The number of hydrogen-bond acceptors (Lipinski definition) is 5. The Bertz CT molecular complexity index is 833. The Kier molecular flexibility index (Phi) is 5.08. The van der Waals surface area contributed by atoms with Crippen LogP contribution in [-0.2, 0) is 21.2 Å². The fraction of sp³-hybridized carbons (Fsp3) is 0.412. The summed E-state index contributed by atoms with van der Waals surface area (Å²) in [6.45, 7) is 2.52. The van der Waals surface area contributed by atoms with E-state index in [9.17, 15) is 13.2 Å². The molecule has 1 aromatic heterocycles. The molecule has 0 bridgehead atoms. The van der Waals surface area contributed by atoms with Crippen molar-refractivity contribution in [3.63, 3.8) is 0 Å². The molecule has 1 saturated heterocycles. The number of aromatic nitrogens is 1. The third-order valence-corrected chi connectivity index (χ3v) is 6.00. The number of hydrogen-bond donors (Lipinski definition) is 1. The minimum Gasteiger partial charge on any atom is -0.361 e.